The van der Waals surface area contributed by atoms with Gasteiger partial charge in [-0.2, -0.15) is 0 Å². The first-order chi connectivity index (χ1) is 31.2. The highest BCUT2D eigenvalue weighted by atomic mass is 32.1. The van der Waals surface area contributed by atoms with Crippen LogP contribution < -0.4 is 0 Å². The monoisotopic (exact) mass is 822 g/mol. The molecule has 294 valence electrons. The average molecular weight is 823 g/mol. The minimum atomic E-state index is 0.553. The van der Waals surface area contributed by atoms with Crippen LogP contribution in [-0.4, -0.2) is 19.5 Å². The lowest BCUT2D eigenvalue weighted by Crippen LogP contribution is -2.00. The van der Waals surface area contributed by atoms with Gasteiger partial charge >= 0.3 is 0 Å². The van der Waals surface area contributed by atoms with Crippen molar-refractivity contribution in [2.24, 2.45) is 0 Å². The molecule has 4 aromatic heterocycles. The molecule has 0 unspecified atom stereocenters. The molecule has 9 aromatic carbocycles. The number of para-hydroxylation sites is 4. The number of aromatic nitrogens is 4. The summed E-state index contributed by atoms with van der Waals surface area (Å²) in [5, 5.41) is 6.92. The van der Waals surface area contributed by atoms with Crippen LogP contribution in [0.25, 0.3) is 126 Å². The van der Waals surface area contributed by atoms with Crippen LogP contribution in [0.4, 0.5) is 0 Å². The zero-order chi connectivity index (χ0) is 41.4. The standard InChI is InChI=1S/C57H34N4OS/c1-2-15-35(16-3-1)36-31-33-37(34-32-36)55-58-56(60-57(59-55)46-25-12-22-43-41-20-7-11-30-51(41)63-54(43)46)45-24-13-23-44-52-42(21-14-29-50(52)62-53(44)45)40-19-6-10-28-49(40)61-47-26-8-4-17-38(47)39-18-5-9-27-48(39)61/h1-34H. The van der Waals surface area contributed by atoms with E-state index >= 15 is 0 Å². The van der Waals surface area contributed by atoms with Gasteiger partial charge in [0.2, 0.25) is 0 Å². The van der Waals surface area contributed by atoms with Crippen molar-refractivity contribution in [3.63, 3.8) is 0 Å². The van der Waals surface area contributed by atoms with E-state index < -0.39 is 0 Å². The molecule has 0 spiro atoms. The van der Waals surface area contributed by atoms with Crippen molar-refractivity contribution in [1.29, 1.82) is 0 Å². The number of fused-ring (bicyclic) bond motifs is 9. The third kappa shape index (κ3) is 5.66. The van der Waals surface area contributed by atoms with E-state index in [1.54, 1.807) is 11.3 Å². The van der Waals surface area contributed by atoms with Crippen molar-refractivity contribution in [3.05, 3.63) is 206 Å². The lowest BCUT2D eigenvalue weighted by atomic mass is 9.97. The van der Waals surface area contributed by atoms with Crippen molar-refractivity contribution in [2.45, 2.75) is 0 Å². The number of benzene rings is 9. The number of rotatable bonds is 6. The summed E-state index contributed by atoms with van der Waals surface area (Å²) < 4.78 is 11.7. The summed E-state index contributed by atoms with van der Waals surface area (Å²) in [6.45, 7) is 0. The van der Waals surface area contributed by atoms with Gasteiger partial charge in [0.1, 0.15) is 11.2 Å². The number of hydrogen-bond acceptors (Lipinski definition) is 5. The number of nitrogens with zero attached hydrogens (tertiary/aromatic N) is 4. The summed E-state index contributed by atoms with van der Waals surface area (Å²) >= 11 is 1.77. The fraction of sp³-hybridized carbons (Fsp3) is 0. The van der Waals surface area contributed by atoms with Gasteiger partial charge < -0.3 is 8.98 Å². The molecule has 13 aromatic rings. The van der Waals surface area contributed by atoms with Crippen LogP contribution >= 0.6 is 11.3 Å². The number of hydrogen-bond donors (Lipinski definition) is 0. The summed E-state index contributed by atoms with van der Waals surface area (Å²) in [5.74, 6) is 1.77. The largest absolute Gasteiger partial charge is 0.455 e. The van der Waals surface area contributed by atoms with Gasteiger partial charge in [-0.3, -0.25) is 0 Å². The molecule has 0 amide bonds. The Labute approximate surface area is 365 Å². The van der Waals surface area contributed by atoms with Crippen LogP contribution in [0.5, 0.6) is 0 Å². The normalized spacial score (nSPS) is 11.8. The summed E-state index contributed by atoms with van der Waals surface area (Å²) in [5.41, 5.74) is 12.1. The van der Waals surface area contributed by atoms with E-state index in [1.807, 2.05) is 6.07 Å². The maximum Gasteiger partial charge on any atom is 0.167 e. The van der Waals surface area contributed by atoms with E-state index in [0.717, 1.165) is 71.3 Å². The van der Waals surface area contributed by atoms with Crippen LogP contribution in [0.2, 0.25) is 0 Å². The number of thiophene rings is 1. The zero-order valence-corrected chi connectivity index (χ0v) is 34.6. The highest BCUT2D eigenvalue weighted by Gasteiger charge is 2.23. The highest BCUT2D eigenvalue weighted by molar-refractivity contribution is 7.26. The second kappa shape index (κ2) is 14.2. The fourth-order valence-electron chi connectivity index (χ4n) is 9.44. The van der Waals surface area contributed by atoms with E-state index in [4.69, 9.17) is 19.4 Å². The van der Waals surface area contributed by atoms with Crippen molar-refractivity contribution < 1.29 is 4.42 Å². The van der Waals surface area contributed by atoms with Crippen LogP contribution in [-0.2, 0) is 0 Å². The van der Waals surface area contributed by atoms with Gasteiger partial charge in [0.25, 0.3) is 0 Å². The van der Waals surface area contributed by atoms with E-state index in [-0.39, 0.29) is 0 Å². The quantitative estimate of drug-likeness (QED) is 0.168. The summed E-state index contributed by atoms with van der Waals surface area (Å²) in [7, 11) is 0. The third-order valence-corrected chi connectivity index (χ3v) is 13.5. The van der Waals surface area contributed by atoms with E-state index in [1.165, 1.54) is 37.3 Å². The smallest absolute Gasteiger partial charge is 0.167 e. The van der Waals surface area contributed by atoms with Gasteiger partial charge in [0.15, 0.2) is 17.5 Å². The molecule has 0 fully saturated rings. The first-order valence-corrected chi connectivity index (χ1v) is 21.9. The first kappa shape index (κ1) is 35.6. The Morgan fingerprint density at radius 3 is 1.70 bits per heavy atom. The molecular weight excluding hydrogens is 789 g/mol. The Bertz CT molecular complexity index is 3860. The molecule has 0 aliphatic heterocycles. The van der Waals surface area contributed by atoms with Crippen molar-refractivity contribution in [1.82, 2.24) is 19.5 Å². The maximum absolute atomic E-state index is 6.93. The van der Waals surface area contributed by atoms with Crippen LogP contribution in [0, 0.1) is 0 Å². The van der Waals surface area contributed by atoms with E-state index in [0.29, 0.717) is 17.5 Å². The molecular formula is C57H34N4OS. The minimum Gasteiger partial charge on any atom is -0.455 e. The summed E-state index contributed by atoms with van der Waals surface area (Å²) in [4.78, 5) is 15.8. The maximum atomic E-state index is 6.93. The van der Waals surface area contributed by atoms with Gasteiger partial charge in [0.05, 0.1) is 22.3 Å². The van der Waals surface area contributed by atoms with Gasteiger partial charge in [-0.1, -0.05) is 164 Å². The van der Waals surface area contributed by atoms with E-state index in [2.05, 4.69) is 205 Å². The average Bonchev–Trinajstić information content (AvgIpc) is 4.04. The molecule has 0 radical (unpaired) electrons. The van der Waals surface area contributed by atoms with Gasteiger partial charge in [-0.15, -0.1) is 11.3 Å². The topological polar surface area (TPSA) is 56.7 Å². The van der Waals surface area contributed by atoms with Gasteiger partial charge in [-0.05, 0) is 59.2 Å². The second-order valence-electron chi connectivity index (χ2n) is 15.9. The van der Waals surface area contributed by atoms with Gasteiger partial charge in [-0.25, -0.2) is 15.0 Å². The molecule has 13 rings (SSSR count). The number of furan rings is 1. The van der Waals surface area contributed by atoms with Crippen molar-refractivity contribution in [3.8, 4) is 62.1 Å². The predicted octanol–water partition coefficient (Wildman–Crippen LogP) is 15.6. The Morgan fingerprint density at radius 1 is 0.365 bits per heavy atom. The third-order valence-electron chi connectivity index (χ3n) is 12.3. The molecule has 0 N–H and O–H groups in total. The highest BCUT2D eigenvalue weighted by Crippen LogP contribution is 2.44. The van der Waals surface area contributed by atoms with Crippen molar-refractivity contribution >= 4 is 75.3 Å². The molecule has 0 saturated carbocycles. The Kier molecular flexibility index (Phi) is 8.01. The molecule has 0 saturated heterocycles. The molecule has 6 heteroatoms. The van der Waals surface area contributed by atoms with Crippen molar-refractivity contribution in [2.75, 3.05) is 0 Å². The lowest BCUT2D eigenvalue weighted by Gasteiger charge is -2.14. The van der Waals surface area contributed by atoms with Gasteiger partial charge in [0, 0.05) is 58.4 Å². The lowest BCUT2D eigenvalue weighted by molar-refractivity contribution is 0.669. The molecule has 0 bridgehead atoms. The molecule has 0 aliphatic rings. The van der Waals surface area contributed by atoms with Crippen LogP contribution in [0.15, 0.2) is 211 Å². The minimum absolute atomic E-state index is 0.553. The Hall–Kier alpha value is -8.19. The molecule has 5 nitrogen and oxygen atoms in total. The SMILES string of the molecule is c1ccc(-c2ccc(-c3nc(-c4cccc5c4oc4cccc(-c6ccccc6-n6c7ccccc7c7ccccc76)c45)nc(-c4cccc5c4sc4ccccc45)n3)cc2)cc1. The van der Waals surface area contributed by atoms with Crippen LogP contribution in [0.1, 0.15) is 0 Å². The first-order valence-electron chi connectivity index (χ1n) is 21.1. The Balaban J connectivity index is 1.02. The van der Waals surface area contributed by atoms with Crippen LogP contribution in [0.3, 0.4) is 0 Å². The summed E-state index contributed by atoms with van der Waals surface area (Å²) in [6, 6.07) is 72.6. The molecule has 0 aliphatic carbocycles. The molecule has 63 heavy (non-hydrogen) atoms. The Morgan fingerprint density at radius 2 is 0.905 bits per heavy atom. The fourth-order valence-corrected chi connectivity index (χ4v) is 10.7. The predicted molar refractivity (Wildman–Crippen MR) is 262 cm³/mol. The molecule has 0 atom stereocenters. The zero-order valence-electron chi connectivity index (χ0n) is 33.7. The summed E-state index contributed by atoms with van der Waals surface area (Å²) in [6.07, 6.45) is 0. The molecule has 4 heterocycles. The second-order valence-corrected chi connectivity index (χ2v) is 16.9. The van der Waals surface area contributed by atoms with E-state index in [9.17, 15) is 0 Å².